The number of benzene rings is 1. The van der Waals surface area contributed by atoms with Gasteiger partial charge in [-0.2, -0.15) is 0 Å². The Balaban J connectivity index is 2.31. The molecule has 0 fully saturated rings. The van der Waals surface area contributed by atoms with Crippen LogP contribution >= 0.6 is 0 Å². The van der Waals surface area contributed by atoms with Gasteiger partial charge in [-0.05, 0) is 13.3 Å². The molecule has 0 aliphatic carbocycles. The van der Waals surface area contributed by atoms with Gasteiger partial charge in [0.15, 0.2) is 5.78 Å². The van der Waals surface area contributed by atoms with Crippen LogP contribution < -0.4 is 5.32 Å². The van der Waals surface area contributed by atoms with Gasteiger partial charge < -0.3 is 5.32 Å². The minimum absolute atomic E-state index is 0.214. The Morgan fingerprint density at radius 2 is 2.00 bits per heavy atom. The monoisotopic (exact) mass is 205 g/mol. The van der Waals surface area contributed by atoms with Crippen LogP contribution in [0.3, 0.4) is 0 Å². The third-order valence-corrected chi connectivity index (χ3v) is 2.55. The molecule has 0 saturated carbocycles. The summed E-state index contributed by atoms with van der Waals surface area (Å²) in [4.78, 5) is 11.7. The zero-order chi connectivity index (χ0) is 11.1. The van der Waals surface area contributed by atoms with Crippen LogP contribution in [-0.2, 0) is 0 Å². The lowest BCUT2D eigenvalue weighted by molar-refractivity contribution is 0.0982. The first kappa shape index (κ1) is 11.9. The second kappa shape index (κ2) is 6.36. The minimum Gasteiger partial charge on any atom is -0.314 e. The van der Waals surface area contributed by atoms with Crippen LogP contribution in [0.5, 0.6) is 0 Å². The van der Waals surface area contributed by atoms with E-state index in [4.69, 9.17) is 0 Å². The Kier molecular flexibility index (Phi) is 5.05. The summed E-state index contributed by atoms with van der Waals surface area (Å²) in [6.07, 6.45) is 1.67. The average molecular weight is 205 g/mol. The lowest BCUT2D eigenvalue weighted by atomic mass is 10.1. The summed E-state index contributed by atoms with van der Waals surface area (Å²) < 4.78 is 0. The molecule has 2 heteroatoms. The summed E-state index contributed by atoms with van der Waals surface area (Å²) >= 11 is 0. The largest absolute Gasteiger partial charge is 0.314 e. The zero-order valence-corrected chi connectivity index (χ0v) is 9.49. The van der Waals surface area contributed by atoms with Gasteiger partial charge in [-0.15, -0.1) is 0 Å². The van der Waals surface area contributed by atoms with E-state index < -0.39 is 0 Å². The fraction of sp³-hybridized carbons (Fsp3) is 0.462. The second-order valence-electron chi connectivity index (χ2n) is 3.80. The van der Waals surface area contributed by atoms with E-state index in [0.29, 0.717) is 12.5 Å². The molecule has 1 unspecified atom stereocenters. The molecular weight excluding hydrogens is 186 g/mol. The van der Waals surface area contributed by atoms with Crippen LogP contribution in [0.2, 0.25) is 0 Å². The number of Topliss-reactive ketones (excluding diaryl/α,β-unsaturated/α-hetero) is 1. The Morgan fingerprint density at radius 3 is 2.60 bits per heavy atom. The molecule has 1 atom stereocenters. The third-order valence-electron chi connectivity index (χ3n) is 2.55. The zero-order valence-electron chi connectivity index (χ0n) is 9.49. The quantitative estimate of drug-likeness (QED) is 0.723. The molecule has 1 N–H and O–H groups in total. The van der Waals surface area contributed by atoms with Crippen molar-refractivity contribution >= 4 is 5.78 Å². The predicted octanol–water partition coefficient (Wildman–Crippen LogP) is 2.65. The molecular formula is C13H19NO. The van der Waals surface area contributed by atoms with Crippen LogP contribution in [0.1, 0.15) is 37.0 Å². The number of rotatable bonds is 6. The van der Waals surface area contributed by atoms with Crippen molar-refractivity contribution in [2.45, 2.75) is 32.7 Å². The minimum atomic E-state index is 0.214. The number of carbonyl (C=O) groups excluding carboxylic acids is 1. The maximum Gasteiger partial charge on any atom is 0.164 e. The number of hydrogen-bond acceptors (Lipinski definition) is 2. The van der Waals surface area contributed by atoms with Crippen molar-refractivity contribution in [3.63, 3.8) is 0 Å². The first-order valence-electron chi connectivity index (χ1n) is 5.55. The van der Waals surface area contributed by atoms with Crippen LogP contribution in [0.4, 0.5) is 0 Å². The van der Waals surface area contributed by atoms with E-state index in [0.717, 1.165) is 18.5 Å². The summed E-state index contributed by atoms with van der Waals surface area (Å²) in [6.45, 7) is 5.03. The lowest BCUT2D eigenvalue weighted by Crippen LogP contribution is -2.27. The number of hydrogen-bond donors (Lipinski definition) is 1. The van der Waals surface area contributed by atoms with Gasteiger partial charge in [0.05, 0.1) is 0 Å². The Bertz CT molecular complexity index is 295. The van der Waals surface area contributed by atoms with Crippen LogP contribution in [-0.4, -0.2) is 18.4 Å². The van der Waals surface area contributed by atoms with Gasteiger partial charge in [0.25, 0.3) is 0 Å². The maximum absolute atomic E-state index is 11.7. The van der Waals surface area contributed by atoms with Crippen LogP contribution in [0, 0.1) is 0 Å². The van der Waals surface area contributed by atoms with Crippen molar-refractivity contribution in [1.82, 2.24) is 5.32 Å². The van der Waals surface area contributed by atoms with Gasteiger partial charge in [0.1, 0.15) is 0 Å². The van der Waals surface area contributed by atoms with Crippen molar-refractivity contribution < 1.29 is 4.79 Å². The highest BCUT2D eigenvalue weighted by Crippen LogP contribution is 2.02. The Labute approximate surface area is 91.7 Å². The number of ketones is 1. The van der Waals surface area contributed by atoms with E-state index >= 15 is 0 Å². The molecule has 0 saturated heterocycles. The van der Waals surface area contributed by atoms with Crippen molar-refractivity contribution in [1.29, 1.82) is 0 Å². The Morgan fingerprint density at radius 1 is 1.33 bits per heavy atom. The lowest BCUT2D eigenvalue weighted by Gasteiger charge is -2.10. The van der Waals surface area contributed by atoms with Gasteiger partial charge in [0, 0.05) is 24.6 Å². The van der Waals surface area contributed by atoms with Gasteiger partial charge in [-0.1, -0.05) is 37.3 Å². The van der Waals surface area contributed by atoms with Crippen molar-refractivity contribution in [3.8, 4) is 0 Å². The van der Waals surface area contributed by atoms with E-state index in [-0.39, 0.29) is 5.78 Å². The van der Waals surface area contributed by atoms with E-state index in [1.165, 1.54) is 0 Å². The third kappa shape index (κ3) is 4.26. The van der Waals surface area contributed by atoms with Gasteiger partial charge in [-0.25, -0.2) is 0 Å². The molecule has 82 valence electrons. The second-order valence-corrected chi connectivity index (χ2v) is 3.80. The van der Waals surface area contributed by atoms with E-state index in [9.17, 15) is 4.79 Å². The average Bonchev–Trinajstić information content (AvgIpc) is 2.29. The first-order valence-corrected chi connectivity index (χ1v) is 5.55. The summed E-state index contributed by atoms with van der Waals surface area (Å²) in [5, 5.41) is 3.31. The summed E-state index contributed by atoms with van der Waals surface area (Å²) in [7, 11) is 0. The molecule has 0 bridgehead atoms. The molecule has 0 spiro atoms. The standard InChI is InChI=1S/C13H19NO/c1-3-11(2)14-10-9-13(15)12-7-5-4-6-8-12/h4-8,11,14H,3,9-10H2,1-2H3. The highest BCUT2D eigenvalue weighted by Gasteiger charge is 2.04. The molecule has 1 aromatic rings. The highest BCUT2D eigenvalue weighted by molar-refractivity contribution is 5.96. The predicted molar refractivity (Wildman–Crippen MR) is 63.1 cm³/mol. The van der Waals surface area contributed by atoms with Crippen molar-refractivity contribution in [2.24, 2.45) is 0 Å². The SMILES string of the molecule is CCC(C)NCCC(=O)c1ccccc1. The number of carbonyl (C=O) groups is 1. The first-order chi connectivity index (χ1) is 7.24. The molecule has 0 amide bonds. The topological polar surface area (TPSA) is 29.1 Å². The van der Waals surface area contributed by atoms with Crippen molar-refractivity contribution in [3.05, 3.63) is 35.9 Å². The Hall–Kier alpha value is -1.15. The van der Waals surface area contributed by atoms with E-state index in [2.05, 4.69) is 19.2 Å². The molecule has 0 radical (unpaired) electrons. The van der Waals surface area contributed by atoms with E-state index in [1.54, 1.807) is 0 Å². The molecule has 0 aliphatic rings. The molecule has 0 aromatic heterocycles. The van der Waals surface area contributed by atoms with Crippen LogP contribution in [0.15, 0.2) is 30.3 Å². The summed E-state index contributed by atoms with van der Waals surface area (Å²) in [6, 6.07) is 9.95. The fourth-order valence-electron chi connectivity index (χ4n) is 1.34. The van der Waals surface area contributed by atoms with Gasteiger partial charge in [0.2, 0.25) is 0 Å². The molecule has 1 aromatic carbocycles. The number of nitrogens with one attached hydrogen (secondary N) is 1. The maximum atomic E-state index is 11.7. The van der Waals surface area contributed by atoms with Gasteiger partial charge >= 0.3 is 0 Å². The van der Waals surface area contributed by atoms with Gasteiger partial charge in [-0.3, -0.25) is 4.79 Å². The molecule has 1 rings (SSSR count). The normalized spacial score (nSPS) is 12.4. The van der Waals surface area contributed by atoms with Crippen molar-refractivity contribution in [2.75, 3.05) is 6.54 Å². The summed E-state index contributed by atoms with van der Waals surface area (Å²) in [5.41, 5.74) is 0.809. The van der Waals surface area contributed by atoms with E-state index in [1.807, 2.05) is 30.3 Å². The highest BCUT2D eigenvalue weighted by atomic mass is 16.1. The molecule has 0 heterocycles. The fourth-order valence-corrected chi connectivity index (χ4v) is 1.34. The molecule has 0 aliphatic heterocycles. The smallest absolute Gasteiger partial charge is 0.164 e. The molecule has 2 nitrogen and oxygen atoms in total. The van der Waals surface area contributed by atoms with Crippen LogP contribution in [0.25, 0.3) is 0 Å². The summed E-state index contributed by atoms with van der Waals surface area (Å²) in [5.74, 6) is 0.214. The molecule has 15 heavy (non-hydrogen) atoms.